The number of unbranched alkanes of at least 4 members (excludes halogenated alkanes) is 1. The van der Waals surface area contributed by atoms with Gasteiger partial charge in [-0.25, -0.2) is 21.6 Å². The zero-order valence-electron chi connectivity index (χ0n) is 13.6. The molecule has 0 aromatic heterocycles. The van der Waals surface area contributed by atoms with E-state index in [1.54, 1.807) is 13.8 Å². The molecule has 0 aliphatic carbocycles. The molecule has 0 fully saturated rings. The molecule has 0 spiro atoms. The van der Waals surface area contributed by atoms with Crippen LogP contribution in [0.1, 0.15) is 33.1 Å². The zero-order valence-corrected chi connectivity index (χ0v) is 14.4. The van der Waals surface area contributed by atoms with Crippen molar-refractivity contribution in [1.29, 1.82) is 0 Å². The maximum absolute atomic E-state index is 13.6. The number of alkyl halides is 2. The Labute approximate surface area is 139 Å². The SMILES string of the molecule is CC(C)(CCCC=O)CS(=O)(=O)c1ccc(F)c(OCC(F)F)c1. The third kappa shape index (κ3) is 6.51. The normalized spacial score (nSPS) is 12.4. The van der Waals surface area contributed by atoms with E-state index in [1.807, 2.05) is 0 Å². The van der Waals surface area contributed by atoms with Gasteiger partial charge in [-0.05, 0) is 30.4 Å². The number of hydrogen-bond donors (Lipinski definition) is 0. The van der Waals surface area contributed by atoms with Gasteiger partial charge in [0.05, 0.1) is 10.6 Å². The summed E-state index contributed by atoms with van der Waals surface area (Å²) in [6.45, 7) is 2.50. The number of carbonyl (C=O) groups is 1. The van der Waals surface area contributed by atoms with Gasteiger partial charge in [-0.15, -0.1) is 0 Å². The Kier molecular flexibility index (Phi) is 7.26. The first-order valence-corrected chi connectivity index (χ1v) is 9.09. The average Bonchev–Trinajstić information content (AvgIpc) is 2.45. The van der Waals surface area contributed by atoms with Crippen LogP contribution >= 0.6 is 0 Å². The molecule has 0 N–H and O–H groups in total. The van der Waals surface area contributed by atoms with Crippen molar-refractivity contribution in [2.45, 2.75) is 44.4 Å². The third-order valence-electron chi connectivity index (χ3n) is 3.38. The summed E-state index contributed by atoms with van der Waals surface area (Å²) < 4.78 is 67.5. The highest BCUT2D eigenvalue weighted by molar-refractivity contribution is 7.91. The standard InChI is InChI=1S/C16H21F3O4S/c1-16(2,7-3-4-8-20)11-24(21,22)12-5-6-13(17)14(9-12)23-10-15(18)19/h5-6,8-9,15H,3-4,7,10-11H2,1-2H3. The maximum Gasteiger partial charge on any atom is 0.272 e. The van der Waals surface area contributed by atoms with E-state index in [0.29, 0.717) is 19.3 Å². The molecular formula is C16H21F3O4S. The van der Waals surface area contributed by atoms with E-state index in [0.717, 1.165) is 24.5 Å². The summed E-state index contributed by atoms with van der Waals surface area (Å²) in [4.78, 5) is 10.2. The number of hydrogen-bond acceptors (Lipinski definition) is 4. The summed E-state index contributed by atoms with van der Waals surface area (Å²) in [7, 11) is -3.76. The van der Waals surface area contributed by atoms with E-state index in [2.05, 4.69) is 4.74 Å². The van der Waals surface area contributed by atoms with E-state index in [-0.39, 0.29) is 10.6 Å². The first-order chi connectivity index (χ1) is 11.1. The van der Waals surface area contributed by atoms with Crippen LogP contribution in [0.15, 0.2) is 23.1 Å². The van der Waals surface area contributed by atoms with Gasteiger partial charge in [-0.1, -0.05) is 13.8 Å². The lowest BCUT2D eigenvalue weighted by Crippen LogP contribution is -2.24. The van der Waals surface area contributed by atoms with Crippen LogP contribution in [0.5, 0.6) is 5.75 Å². The van der Waals surface area contributed by atoms with Gasteiger partial charge in [0.25, 0.3) is 6.43 Å². The number of halogens is 3. The predicted molar refractivity (Wildman–Crippen MR) is 83.6 cm³/mol. The molecule has 8 heteroatoms. The Morgan fingerprint density at radius 1 is 1.29 bits per heavy atom. The second-order valence-electron chi connectivity index (χ2n) is 6.28. The second-order valence-corrected chi connectivity index (χ2v) is 8.27. The molecule has 0 heterocycles. The lowest BCUT2D eigenvalue weighted by atomic mass is 9.90. The van der Waals surface area contributed by atoms with Gasteiger partial charge in [0.2, 0.25) is 0 Å². The van der Waals surface area contributed by atoms with Crippen LogP contribution in [-0.2, 0) is 14.6 Å². The van der Waals surface area contributed by atoms with Crippen LogP contribution < -0.4 is 4.74 Å². The molecular weight excluding hydrogens is 345 g/mol. The minimum absolute atomic E-state index is 0.184. The molecule has 0 aliphatic rings. The van der Waals surface area contributed by atoms with Gasteiger partial charge in [0.1, 0.15) is 12.9 Å². The first kappa shape index (κ1) is 20.5. The highest BCUT2D eigenvalue weighted by Gasteiger charge is 2.28. The van der Waals surface area contributed by atoms with Crippen LogP contribution in [0.4, 0.5) is 13.2 Å². The topological polar surface area (TPSA) is 60.4 Å². The number of aldehydes is 1. The van der Waals surface area contributed by atoms with Gasteiger partial charge in [-0.3, -0.25) is 0 Å². The smallest absolute Gasteiger partial charge is 0.272 e. The summed E-state index contributed by atoms with van der Waals surface area (Å²) in [5.74, 6) is -1.63. The van der Waals surface area contributed by atoms with E-state index in [1.165, 1.54) is 0 Å². The van der Waals surface area contributed by atoms with E-state index in [4.69, 9.17) is 0 Å². The van der Waals surface area contributed by atoms with Crippen molar-refractivity contribution in [2.75, 3.05) is 12.4 Å². The lowest BCUT2D eigenvalue weighted by Gasteiger charge is -2.24. The molecule has 0 aliphatic heterocycles. The molecule has 0 saturated heterocycles. The zero-order chi connectivity index (χ0) is 18.4. The summed E-state index contributed by atoms with van der Waals surface area (Å²) in [6.07, 6.45) is -0.566. The fourth-order valence-electron chi connectivity index (χ4n) is 2.27. The number of benzene rings is 1. The monoisotopic (exact) mass is 366 g/mol. The van der Waals surface area contributed by atoms with Gasteiger partial charge in [-0.2, -0.15) is 0 Å². The molecule has 24 heavy (non-hydrogen) atoms. The molecule has 0 unspecified atom stereocenters. The summed E-state index contributed by atoms with van der Waals surface area (Å²) in [6, 6.07) is 2.89. The quantitative estimate of drug-likeness (QED) is 0.360. The number of rotatable bonds is 10. The molecule has 1 rings (SSSR count). The lowest BCUT2D eigenvalue weighted by molar-refractivity contribution is -0.108. The number of sulfone groups is 1. The van der Waals surface area contributed by atoms with Crippen molar-refractivity contribution in [3.05, 3.63) is 24.0 Å². The van der Waals surface area contributed by atoms with Crippen molar-refractivity contribution in [3.63, 3.8) is 0 Å². The number of ether oxygens (including phenoxy) is 1. The molecule has 1 aromatic carbocycles. The molecule has 0 atom stereocenters. The van der Waals surface area contributed by atoms with Crippen molar-refractivity contribution < 1.29 is 31.1 Å². The van der Waals surface area contributed by atoms with Gasteiger partial charge < -0.3 is 9.53 Å². The van der Waals surface area contributed by atoms with E-state index in [9.17, 15) is 26.4 Å². The molecule has 136 valence electrons. The van der Waals surface area contributed by atoms with Crippen molar-refractivity contribution in [2.24, 2.45) is 5.41 Å². The van der Waals surface area contributed by atoms with Crippen molar-refractivity contribution >= 4 is 16.1 Å². The van der Waals surface area contributed by atoms with Gasteiger partial charge >= 0.3 is 0 Å². The van der Waals surface area contributed by atoms with Gasteiger partial charge in [0.15, 0.2) is 21.4 Å². The van der Waals surface area contributed by atoms with Gasteiger partial charge in [0, 0.05) is 12.5 Å². The summed E-state index contributed by atoms with van der Waals surface area (Å²) >= 11 is 0. The Morgan fingerprint density at radius 3 is 2.54 bits per heavy atom. The summed E-state index contributed by atoms with van der Waals surface area (Å²) in [5.41, 5.74) is -0.583. The second kappa shape index (κ2) is 8.50. The summed E-state index contributed by atoms with van der Waals surface area (Å²) in [5, 5.41) is 0. The maximum atomic E-state index is 13.6. The van der Waals surface area contributed by atoms with Crippen LogP contribution in [0.25, 0.3) is 0 Å². The first-order valence-electron chi connectivity index (χ1n) is 7.44. The van der Waals surface area contributed by atoms with Crippen LogP contribution in [0, 0.1) is 11.2 Å². The largest absolute Gasteiger partial charge is 0.485 e. The van der Waals surface area contributed by atoms with E-state index >= 15 is 0 Å². The fourth-order valence-corrected chi connectivity index (χ4v) is 4.18. The third-order valence-corrected chi connectivity index (χ3v) is 5.52. The van der Waals surface area contributed by atoms with Crippen LogP contribution in [-0.4, -0.2) is 33.5 Å². The average molecular weight is 366 g/mol. The molecule has 0 amide bonds. The fraction of sp³-hybridized carbons (Fsp3) is 0.562. The molecule has 0 radical (unpaired) electrons. The highest BCUT2D eigenvalue weighted by atomic mass is 32.2. The van der Waals surface area contributed by atoms with Crippen LogP contribution in [0.2, 0.25) is 0 Å². The van der Waals surface area contributed by atoms with Crippen molar-refractivity contribution in [3.8, 4) is 5.75 Å². The van der Waals surface area contributed by atoms with E-state index < -0.39 is 39.9 Å². The molecule has 1 aromatic rings. The van der Waals surface area contributed by atoms with Crippen LogP contribution in [0.3, 0.4) is 0 Å². The molecule has 0 saturated carbocycles. The Hall–Kier alpha value is -1.57. The Balaban J connectivity index is 2.93. The highest BCUT2D eigenvalue weighted by Crippen LogP contribution is 2.30. The van der Waals surface area contributed by atoms with Crippen molar-refractivity contribution in [1.82, 2.24) is 0 Å². The number of carbonyl (C=O) groups excluding carboxylic acids is 1. The molecule has 0 bridgehead atoms. The minimum Gasteiger partial charge on any atom is -0.485 e. The Morgan fingerprint density at radius 2 is 1.96 bits per heavy atom. The minimum atomic E-state index is -3.76. The predicted octanol–water partition coefficient (Wildman–Crippen LogP) is 3.64. The molecule has 4 nitrogen and oxygen atoms in total. The Bertz CT molecular complexity index is 657.